The second-order valence-electron chi connectivity index (χ2n) is 5.70. The first-order valence-corrected chi connectivity index (χ1v) is 7.65. The average molecular weight is 348 g/mol. The molecule has 1 fully saturated rings. The van der Waals surface area contributed by atoms with Gasteiger partial charge in [0, 0.05) is 24.6 Å². The van der Waals surface area contributed by atoms with Crippen LogP contribution in [0.2, 0.25) is 5.02 Å². The maximum Gasteiger partial charge on any atom is 0.341 e. The molecule has 4 rings (SSSR count). The average Bonchev–Trinajstić information content (AvgIpc) is 3.24. The number of rotatable bonds is 3. The van der Waals surface area contributed by atoms with E-state index in [0.717, 1.165) is 12.8 Å². The first kappa shape index (κ1) is 14.9. The van der Waals surface area contributed by atoms with E-state index in [0.29, 0.717) is 0 Å². The van der Waals surface area contributed by atoms with Crippen molar-refractivity contribution in [1.82, 2.24) is 14.1 Å². The topological polar surface area (TPSA) is 77.1 Å². The van der Waals surface area contributed by atoms with E-state index in [4.69, 9.17) is 11.6 Å². The summed E-state index contributed by atoms with van der Waals surface area (Å²) in [6, 6.07) is 1.31. The highest BCUT2D eigenvalue weighted by Crippen LogP contribution is 2.39. The first-order chi connectivity index (χ1) is 11.5. The number of fused-ring (bicyclic) bond motifs is 1. The summed E-state index contributed by atoms with van der Waals surface area (Å²) < 4.78 is 18.2. The Morgan fingerprint density at radius 2 is 2.17 bits per heavy atom. The number of hydrogen-bond donors (Lipinski definition) is 1. The molecule has 1 aliphatic carbocycles. The summed E-state index contributed by atoms with van der Waals surface area (Å²) in [6.07, 6.45) is 7.27. The Morgan fingerprint density at radius 1 is 1.42 bits per heavy atom. The molecule has 0 atom stereocenters. The number of aromatic carboxylic acids is 1. The summed E-state index contributed by atoms with van der Waals surface area (Å²) >= 11 is 6.17. The number of aromatic nitrogens is 3. The van der Waals surface area contributed by atoms with Crippen LogP contribution in [0.15, 0.2) is 35.8 Å². The zero-order valence-electron chi connectivity index (χ0n) is 12.2. The third-order valence-corrected chi connectivity index (χ3v) is 4.41. The second-order valence-corrected chi connectivity index (χ2v) is 6.11. The molecule has 0 unspecified atom stereocenters. The predicted octanol–water partition coefficient (Wildman–Crippen LogP) is 3.01. The lowest BCUT2D eigenvalue weighted by atomic mass is 10.1. The van der Waals surface area contributed by atoms with Crippen molar-refractivity contribution >= 4 is 28.5 Å². The second kappa shape index (κ2) is 5.17. The van der Waals surface area contributed by atoms with Gasteiger partial charge in [-0.3, -0.25) is 4.79 Å². The molecule has 122 valence electrons. The van der Waals surface area contributed by atoms with Crippen LogP contribution in [0.5, 0.6) is 0 Å². The number of nitrogens with zero attached hydrogens (tertiary/aromatic N) is 3. The highest BCUT2D eigenvalue weighted by molar-refractivity contribution is 6.33. The van der Waals surface area contributed by atoms with E-state index in [9.17, 15) is 14.7 Å². The van der Waals surface area contributed by atoms with Gasteiger partial charge in [-0.1, -0.05) is 11.6 Å². The number of pyridine rings is 1. The van der Waals surface area contributed by atoms with E-state index in [1.165, 1.54) is 33.9 Å². The molecule has 0 radical (unpaired) electrons. The summed E-state index contributed by atoms with van der Waals surface area (Å²) in [6.45, 7) is 0. The normalized spacial score (nSPS) is 14.2. The Morgan fingerprint density at radius 3 is 2.75 bits per heavy atom. The molecule has 1 aliphatic rings. The highest BCUT2D eigenvalue weighted by atomic mass is 35.5. The number of imidazole rings is 1. The molecule has 8 heteroatoms. The van der Waals surface area contributed by atoms with Gasteiger partial charge < -0.3 is 14.2 Å². The molecule has 1 aromatic carbocycles. The minimum Gasteiger partial charge on any atom is -0.477 e. The fraction of sp³-hybridized carbons (Fsp3) is 0.188. The lowest BCUT2D eigenvalue weighted by molar-refractivity contribution is 0.0695. The van der Waals surface area contributed by atoms with E-state index in [1.807, 2.05) is 0 Å². The number of carbonyl (C=O) groups is 1. The number of halogens is 2. The molecule has 1 saturated carbocycles. The van der Waals surface area contributed by atoms with Crippen molar-refractivity contribution in [2.75, 3.05) is 0 Å². The van der Waals surface area contributed by atoms with Gasteiger partial charge in [-0.15, -0.1) is 0 Å². The molecular formula is C16H11ClFN3O3. The van der Waals surface area contributed by atoms with Gasteiger partial charge in [0.05, 0.1) is 22.3 Å². The summed E-state index contributed by atoms with van der Waals surface area (Å²) in [5, 5.41) is 9.22. The smallest absolute Gasteiger partial charge is 0.341 e. The molecule has 0 bridgehead atoms. The SMILES string of the molecule is O=C(O)c1cn(C2CC2)c2c(F)c(-n3ccnc3)c(Cl)cc2c1=O. The molecule has 0 amide bonds. The van der Waals surface area contributed by atoms with Gasteiger partial charge in [-0.25, -0.2) is 14.2 Å². The summed E-state index contributed by atoms with van der Waals surface area (Å²) in [7, 11) is 0. The van der Waals surface area contributed by atoms with Crippen molar-refractivity contribution in [2.45, 2.75) is 18.9 Å². The molecule has 0 saturated heterocycles. The van der Waals surface area contributed by atoms with Crippen LogP contribution in [0.1, 0.15) is 29.2 Å². The van der Waals surface area contributed by atoms with E-state index in [2.05, 4.69) is 4.98 Å². The van der Waals surface area contributed by atoms with Crippen LogP contribution >= 0.6 is 11.6 Å². The van der Waals surface area contributed by atoms with E-state index >= 15 is 4.39 Å². The van der Waals surface area contributed by atoms with Gasteiger partial charge in [-0.05, 0) is 18.9 Å². The fourth-order valence-corrected chi connectivity index (χ4v) is 3.14. The summed E-state index contributed by atoms with van der Waals surface area (Å²) in [5.41, 5.74) is -0.980. The van der Waals surface area contributed by atoms with Crippen molar-refractivity contribution < 1.29 is 14.3 Å². The number of benzene rings is 1. The Bertz CT molecular complexity index is 1040. The molecule has 3 aromatic rings. The maximum absolute atomic E-state index is 15.2. The molecular weight excluding hydrogens is 337 g/mol. The minimum absolute atomic E-state index is 0.0139. The van der Waals surface area contributed by atoms with Gasteiger partial charge in [0.1, 0.15) is 11.3 Å². The lowest BCUT2D eigenvalue weighted by Crippen LogP contribution is -2.20. The van der Waals surface area contributed by atoms with Crippen molar-refractivity contribution in [1.29, 1.82) is 0 Å². The third kappa shape index (κ3) is 2.12. The highest BCUT2D eigenvalue weighted by Gasteiger charge is 2.29. The molecule has 1 N–H and O–H groups in total. The number of hydrogen-bond acceptors (Lipinski definition) is 3. The van der Waals surface area contributed by atoms with Crippen molar-refractivity contribution in [3.63, 3.8) is 0 Å². The molecule has 2 aromatic heterocycles. The molecule has 24 heavy (non-hydrogen) atoms. The fourth-order valence-electron chi connectivity index (χ4n) is 2.85. The summed E-state index contributed by atoms with van der Waals surface area (Å²) in [4.78, 5) is 27.6. The molecule has 6 nitrogen and oxygen atoms in total. The van der Waals surface area contributed by atoms with Crippen LogP contribution in [0.4, 0.5) is 4.39 Å². The van der Waals surface area contributed by atoms with Crippen LogP contribution in [-0.4, -0.2) is 25.2 Å². The third-order valence-electron chi connectivity index (χ3n) is 4.12. The minimum atomic E-state index is -1.34. The van der Waals surface area contributed by atoms with E-state index < -0.39 is 17.2 Å². The van der Waals surface area contributed by atoms with Crippen LogP contribution in [-0.2, 0) is 0 Å². The first-order valence-electron chi connectivity index (χ1n) is 7.27. The Hall–Kier alpha value is -2.67. The molecule has 2 heterocycles. The lowest BCUT2D eigenvalue weighted by Gasteiger charge is -2.15. The zero-order chi connectivity index (χ0) is 17.0. The van der Waals surface area contributed by atoms with E-state index in [1.54, 1.807) is 6.20 Å². The number of carboxylic acids is 1. The summed E-state index contributed by atoms with van der Waals surface area (Å²) in [5.74, 6) is -2.01. The standard InChI is InChI=1S/C16H11ClFN3O3/c17-11-5-9-13(12(18)14(11)20-4-3-19-7-20)21(8-1-2-8)6-10(15(9)22)16(23)24/h3-8H,1-2H2,(H,23,24). The monoisotopic (exact) mass is 347 g/mol. The number of carboxylic acid groups (broad SMARTS) is 1. The largest absolute Gasteiger partial charge is 0.477 e. The Kier molecular flexibility index (Phi) is 3.21. The van der Waals surface area contributed by atoms with Gasteiger partial charge >= 0.3 is 5.97 Å². The van der Waals surface area contributed by atoms with Crippen molar-refractivity contribution in [3.05, 3.63) is 57.6 Å². The van der Waals surface area contributed by atoms with Crippen molar-refractivity contribution in [3.8, 4) is 5.69 Å². The predicted molar refractivity (Wildman–Crippen MR) is 85.5 cm³/mol. The van der Waals surface area contributed by atoms with Gasteiger partial charge in [0.15, 0.2) is 5.82 Å². The van der Waals surface area contributed by atoms with Crippen LogP contribution < -0.4 is 5.43 Å². The van der Waals surface area contributed by atoms with Crippen LogP contribution in [0.3, 0.4) is 0 Å². The molecule has 0 spiro atoms. The zero-order valence-corrected chi connectivity index (χ0v) is 13.0. The molecule has 0 aliphatic heterocycles. The van der Waals surface area contributed by atoms with Crippen LogP contribution in [0.25, 0.3) is 16.6 Å². The maximum atomic E-state index is 15.2. The van der Waals surface area contributed by atoms with Crippen molar-refractivity contribution in [2.24, 2.45) is 0 Å². The Labute approximate surface area is 139 Å². The van der Waals surface area contributed by atoms with Crippen LogP contribution in [0, 0.1) is 5.82 Å². The van der Waals surface area contributed by atoms with Gasteiger partial charge in [-0.2, -0.15) is 0 Å². The van der Waals surface area contributed by atoms with Gasteiger partial charge in [0.2, 0.25) is 5.43 Å². The quantitative estimate of drug-likeness (QED) is 0.790. The Balaban J connectivity index is 2.15. The van der Waals surface area contributed by atoms with E-state index in [-0.39, 0.29) is 33.2 Å². The van der Waals surface area contributed by atoms with Gasteiger partial charge in [0.25, 0.3) is 0 Å².